The van der Waals surface area contributed by atoms with E-state index in [0.29, 0.717) is 11.7 Å². The summed E-state index contributed by atoms with van der Waals surface area (Å²) in [7, 11) is 0. The lowest BCUT2D eigenvalue weighted by molar-refractivity contribution is 0.0739. The van der Waals surface area contributed by atoms with E-state index in [9.17, 15) is 4.79 Å². The molecule has 0 radical (unpaired) electrons. The molecule has 92 valence electrons. The highest BCUT2D eigenvalue weighted by molar-refractivity contribution is 6.02. The van der Waals surface area contributed by atoms with Crippen LogP contribution in [-0.4, -0.2) is 18.9 Å². The molecule has 1 aliphatic heterocycles. The van der Waals surface area contributed by atoms with Crippen LogP contribution in [0.2, 0.25) is 0 Å². The third-order valence-electron chi connectivity index (χ3n) is 4.14. The minimum absolute atomic E-state index is 0.202. The summed E-state index contributed by atoms with van der Waals surface area (Å²) in [6, 6.07) is 7.92. The number of ketones is 1. The summed E-state index contributed by atoms with van der Waals surface area (Å²) in [6.45, 7) is 8.10. The van der Waals surface area contributed by atoms with Gasteiger partial charge in [-0.25, -0.2) is 0 Å². The highest BCUT2D eigenvalue weighted by Gasteiger charge is 2.44. The topological polar surface area (TPSA) is 29.1 Å². The van der Waals surface area contributed by atoms with Gasteiger partial charge in [-0.15, -0.1) is 0 Å². The smallest absolute Gasteiger partial charge is 0.170 e. The van der Waals surface area contributed by atoms with E-state index in [0.717, 1.165) is 30.6 Å². The van der Waals surface area contributed by atoms with Crippen LogP contribution >= 0.6 is 0 Å². The quantitative estimate of drug-likeness (QED) is 0.810. The number of rotatable bonds is 3. The third kappa shape index (κ3) is 2.02. The standard InChI is InChI=1S/C15H21NO/c1-11(2)15(8-9-16-10-15)14(17)13-7-5-4-6-12(13)3/h4-7,11,16H,8-10H2,1-3H3. The van der Waals surface area contributed by atoms with Crippen LogP contribution in [0.15, 0.2) is 24.3 Å². The van der Waals surface area contributed by atoms with Gasteiger partial charge in [0.15, 0.2) is 5.78 Å². The van der Waals surface area contributed by atoms with Gasteiger partial charge in [0.05, 0.1) is 0 Å². The molecule has 0 saturated carbocycles. The zero-order chi connectivity index (χ0) is 12.5. The van der Waals surface area contributed by atoms with Crippen molar-refractivity contribution >= 4 is 5.78 Å². The Hall–Kier alpha value is -1.15. The monoisotopic (exact) mass is 231 g/mol. The molecule has 0 amide bonds. The molecule has 0 bridgehead atoms. The molecule has 1 unspecified atom stereocenters. The van der Waals surface area contributed by atoms with Crippen LogP contribution in [0.25, 0.3) is 0 Å². The van der Waals surface area contributed by atoms with Crippen molar-refractivity contribution < 1.29 is 4.79 Å². The Balaban J connectivity index is 2.39. The Morgan fingerprint density at radius 3 is 2.59 bits per heavy atom. The first kappa shape index (κ1) is 12.3. The molecule has 1 N–H and O–H groups in total. The fourth-order valence-electron chi connectivity index (χ4n) is 2.76. The highest BCUT2D eigenvalue weighted by Crippen LogP contribution is 2.38. The number of hydrogen-bond donors (Lipinski definition) is 1. The normalized spacial score (nSPS) is 24.2. The fraction of sp³-hybridized carbons (Fsp3) is 0.533. The largest absolute Gasteiger partial charge is 0.316 e. The first-order valence-electron chi connectivity index (χ1n) is 6.39. The molecule has 0 aromatic heterocycles. The average Bonchev–Trinajstić information content (AvgIpc) is 2.79. The van der Waals surface area contributed by atoms with E-state index in [1.165, 1.54) is 0 Å². The van der Waals surface area contributed by atoms with E-state index in [4.69, 9.17) is 0 Å². The first-order valence-corrected chi connectivity index (χ1v) is 6.39. The molecule has 2 nitrogen and oxygen atoms in total. The molecule has 1 aliphatic rings. The number of aryl methyl sites for hydroxylation is 1. The van der Waals surface area contributed by atoms with Gasteiger partial charge in [-0.2, -0.15) is 0 Å². The van der Waals surface area contributed by atoms with Crippen molar-refractivity contribution in [1.29, 1.82) is 0 Å². The number of carbonyl (C=O) groups is 1. The summed E-state index contributed by atoms with van der Waals surface area (Å²) in [5.74, 6) is 0.695. The Kier molecular flexibility index (Phi) is 3.34. The number of nitrogens with one attached hydrogen (secondary N) is 1. The van der Waals surface area contributed by atoms with Crippen LogP contribution in [0.4, 0.5) is 0 Å². The van der Waals surface area contributed by atoms with Gasteiger partial charge >= 0.3 is 0 Å². The summed E-state index contributed by atoms with van der Waals surface area (Å²) in [5, 5.41) is 3.34. The highest BCUT2D eigenvalue weighted by atomic mass is 16.1. The molecule has 0 spiro atoms. The van der Waals surface area contributed by atoms with Gasteiger partial charge < -0.3 is 5.32 Å². The SMILES string of the molecule is Cc1ccccc1C(=O)C1(C(C)C)CCNC1. The summed E-state index contributed by atoms with van der Waals surface area (Å²) in [6.07, 6.45) is 0.956. The lowest BCUT2D eigenvalue weighted by Gasteiger charge is -2.31. The van der Waals surface area contributed by atoms with E-state index >= 15 is 0 Å². The maximum Gasteiger partial charge on any atom is 0.170 e. The number of Topliss-reactive ketones (excluding diaryl/α,β-unsaturated/α-hetero) is 1. The van der Waals surface area contributed by atoms with E-state index < -0.39 is 0 Å². The van der Waals surface area contributed by atoms with Gasteiger partial charge in [-0.1, -0.05) is 38.1 Å². The van der Waals surface area contributed by atoms with Crippen LogP contribution in [0.1, 0.15) is 36.2 Å². The minimum Gasteiger partial charge on any atom is -0.316 e. The Morgan fingerprint density at radius 1 is 1.35 bits per heavy atom. The van der Waals surface area contributed by atoms with Gasteiger partial charge in [0.25, 0.3) is 0 Å². The van der Waals surface area contributed by atoms with Gasteiger partial charge in [0.2, 0.25) is 0 Å². The summed E-state index contributed by atoms with van der Waals surface area (Å²) >= 11 is 0. The van der Waals surface area contributed by atoms with Crippen molar-refractivity contribution in [2.45, 2.75) is 27.2 Å². The molecule has 1 aromatic carbocycles. The molecular weight excluding hydrogens is 210 g/mol. The van der Waals surface area contributed by atoms with Crippen molar-refractivity contribution in [2.75, 3.05) is 13.1 Å². The second-order valence-electron chi connectivity index (χ2n) is 5.38. The van der Waals surface area contributed by atoms with Crippen LogP contribution < -0.4 is 5.32 Å². The van der Waals surface area contributed by atoms with Gasteiger partial charge in [-0.3, -0.25) is 4.79 Å². The lowest BCUT2D eigenvalue weighted by Crippen LogP contribution is -2.38. The lowest BCUT2D eigenvalue weighted by atomic mass is 9.70. The number of hydrogen-bond acceptors (Lipinski definition) is 2. The predicted octanol–water partition coefficient (Wildman–Crippen LogP) is 2.81. The van der Waals surface area contributed by atoms with Crippen molar-refractivity contribution in [1.82, 2.24) is 5.32 Å². The molecule has 1 aromatic rings. The molecule has 0 aliphatic carbocycles. The van der Waals surface area contributed by atoms with Gasteiger partial charge in [-0.05, 0) is 31.4 Å². The van der Waals surface area contributed by atoms with Crippen molar-refractivity contribution in [3.63, 3.8) is 0 Å². The summed E-state index contributed by atoms with van der Waals surface area (Å²) in [4.78, 5) is 12.8. The molecule has 17 heavy (non-hydrogen) atoms. The first-order chi connectivity index (χ1) is 8.08. The van der Waals surface area contributed by atoms with Crippen LogP contribution in [-0.2, 0) is 0 Å². The number of carbonyl (C=O) groups excluding carboxylic acids is 1. The maximum absolute atomic E-state index is 12.8. The number of benzene rings is 1. The van der Waals surface area contributed by atoms with E-state index in [-0.39, 0.29) is 5.41 Å². The van der Waals surface area contributed by atoms with Crippen LogP contribution in [0.3, 0.4) is 0 Å². The second kappa shape index (κ2) is 4.61. The molecule has 1 saturated heterocycles. The van der Waals surface area contributed by atoms with E-state index in [1.807, 2.05) is 31.2 Å². The molecule has 1 fully saturated rings. The second-order valence-corrected chi connectivity index (χ2v) is 5.38. The summed E-state index contributed by atoms with van der Waals surface area (Å²) < 4.78 is 0. The zero-order valence-corrected chi connectivity index (χ0v) is 10.9. The fourth-order valence-corrected chi connectivity index (χ4v) is 2.76. The van der Waals surface area contributed by atoms with Crippen LogP contribution in [0, 0.1) is 18.3 Å². The predicted molar refractivity (Wildman–Crippen MR) is 70.3 cm³/mol. The van der Waals surface area contributed by atoms with Crippen molar-refractivity contribution in [3.05, 3.63) is 35.4 Å². The summed E-state index contributed by atoms with van der Waals surface area (Å²) in [5.41, 5.74) is 1.78. The molecule has 2 rings (SSSR count). The van der Waals surface area contributed by atoms with Gasteiger partial charge in [0.1, 0.15) is 0 Å². The Labute approximate surface area is 103 Å². The molecule has 1 heterocycles. The van der Waals surface area contributed by atoms with E-state index in [1.54, 1.807) is 0 Å². The van der Waals surface area contributed by atoms with Crippen LogP contribution in [0.5, 0.6) is 0 Å². The molecular formula is C15H21NO. The van der Waals surface area contributed by atoms with Crippen molar-refractivity contribution in [3.8, 4) is 0 Å². The average molecular weight is 231 g/mol. The third-order valence-corrected chi connectivity index (χ3v) is 4.14. The molecule has 2 heteroatoms. The Morgan fingerprint density at radius 2 is 2.06 bits per heavy atom. The molecule has 1 atom stereocenters. The van der Waals surface area contributed by atoms with E-state index in [2.05, 4.69) is 19.2 Å². The minimum atomic E-state index is -0.202. The van der Waals surface area contributed by atoms with Gasteiger partial charge in [0, 0.05) is 17.5 Å². The maximum atomic E-state index is 12.8. The Bertz CT molecular complexity index is 417. The van der Waals surface area contributed by atoms with Crippen molar-refractivity contribution in [2.24, 2.45) is 11.3 Å². The zero-order valence-electron chi connectivity index (χ0n) is 10.9.